The van der Waals surface area contributed by atoms with Crippen molar-refractivity contribution >= 4 is 28.3 Å². The predicted octanol–water partition coefficient (Wildman–Crippen LogP) is 3.77. The molecule has 0 bridgehead atoms. The molecule has 0 saturated carbocycles. The quantitative estimate of drug-likeness (QED) is 0.567. The van der Waals surface area contributed by atoms with Gasteiger partial charge >= 0.3 is 5.97 Å². The van der Waals surface area contributed by atoms with Crippen LogP contribution in [0.1, 0.15) is 6.92 Å². The second-order valence-corrected chi connectivity index (χ2v) is 6.85. The first-order chi connectivity index (χ1) is 14.0. The van der Waals surface area contributed by atoms with Gasteiger partial charge in [0.1, 0.15) is 11.5 Å². The molecule has 7 nitrogen and oxygen atoms in total. The highest BCUT2D eigenvalue weighted by atomic mass is 32.1. The van der Waals surface area contributed by atoms with Crippen molar-refractivity contribution in [3.05, 3.63) is 60.0 Å². The molecule has 1 heterocycles. The molecule has 0 radical (unpaired) electrons. The number of carbonyl (C=O) groups excluding carboxylic acids is 2. The summed E-state index contributed by atoms with van der Waals surface area (Å²) in [5, 5.41) is 4.95. The molecule has 0 unspecified atom stereocenters. The highest BCUT2D eigenvalue weighted by Gasteiger charge is 2.19. The van der Waals surface area contributed by atoms with E-state index in [1.54, 1.807) is 31.4 Å². The molecule has 1 atom stereocenters. The van der Waals surface area contributed by atoms with Crippen molar-refractivity contribution in [2.24, 2.45) is 0 Å². The Morgan fingerprint density at radius 2 is 1.76 bits per heavy atom. The molecule has 29 heavy (non-hydrogen) atoms. The first-order valence-electron chi connectivity index (χ1n) is 8.83. The maximum Gasteiger partial charge on any atom is 0.344 e. The Kier molecular flexibility index (Phi) is 6.80. The van der Waals surface area contributed by atoms with Crippen molar-refractivity contribution in [3.8, 4) is 22.8 Å². The summed E-state index contributed by atoms with van der Waals surface area (Å²) >= 11 is 1.30. The molecule has 1 aromatic heterocycles. The number of nitrogens with one attached hydrogen (secondary N) is 1. The molecule has 3 rings (SSSR count). The number of aromatic nitrogens is 1. The minimum Gasteiger partial charge on any atom is -0.497 e. The third-order valence-corrected chi connectivity index (χ3v) is 4.66. The molecule has 0 saturated heterocycles. The third-order valence-electron chi connectivity index (χ3n) is 3.90. The second-order valence-electron chi connectivity index (χ2n) is 5.99. The van der Waals surface area contributed by atoms with E-state index in [0.29, 0.717) is 16.6 Å². The number of amides is 1. The van der Waals surface area contributed by atoms with Crippen LogP contribution in [0.3, 0.4) is 0 Å². The Bertz CT molecular complexity index is 957. The Morgan fingerprint density at radius 1 is 1.07 bits per heavy atom. The number of rotatable bonds is 8. The van der Waals surface area contributed by atoms with Crippen molar-refractivity contribution in [1.82, 2.24) is 4.98 Å². The molecule has 150 valence electrons. The molecule has 0 spiro atoms. The van der Waals surface area contributed by atoms with E-state index in [2.05, 4.69) is 10.3 Å². The van der Waals surface area contributed by atoms with Crippen LogP contribution in [0.4, 0.5) is 5.13 Å². The van der Waals surface area contributed by atoms with Gasteiger partial charge in [-0.25, -0.2) is 9.78 Å². The van der Waals surface area contributed by atoms with Crippen LogP contribution in [0, 0.1) is 0 Å². The fraction of sp³-hybridized carbons (Fsp3) is 0.190. The van der Waals surface area contributed by atoms with E-state index in [1.807, 2.05) is 35.7 Å². The van der Waals surface area contributed by atoms with Gasteiger partial charge in [0.2, 0.25) is 0 Å². The van der Waals surface area contributed by atoms with Gasteiger partial charge in [-0.2, -0.15) is 0 Å². The largest absolute Gasteiger partial charge is 0.497 e. The molecular weight excluding hydrogens is 392 g/mol. The SMILES string of the molecule is COc1ccc(OCC(=O)O[C@@H](C)C(=O)Nc2nc(-c3ccccc3)cs2)cc1. The number of ether oxygens (including phenoxy) is 3. The van der Waals surface area contributed by atoms with Crippen molar-refractivity contribution in [3.63, 3.8) is 0 Å². The number of thiazole rings is 1. The highest BCUT2D eigenvalue weighted by Crippen LogP contribution is 2.24. The summed E-state index contributed by atoms with van der Waals surface area (Å²) in [6, 6.07) is 16.4. The predicted molar refractivity (Wildman–Crippen MR) is 110 cm³/mol. The Morgan fingerprint density at radius 3 is 2.45 bits per heavy atom. The summed E-state index contributed by atoms with van der Waals surface area (Å²) in [6.45, 7) is 1.19. The maximum atomic E-state index is 12.3. The van der Waals surface area contributed by atoms with Crippen molar-refractivity contribution in [1.29, 1.82) is 0 Å². The fourth-order valence-corrected chi connectivity index (χ4v) is 3.10. The molecule has 1 amide bonds. The van der Waals surface area contributed by atoms with Gasteiger partial charge in [0.25, 0.3) is 5.91 Å². The zero-order chi connectivity index (χ0) is 20.6. The van der Waals surface area contributed by atoms with Gasteiger partial charge in [0, 0.05) is 10.9 Å². The van der Waals surface area contributed by atoms with E-state index in [0.717, 1.165) is 11.3 Å². The smallest absolute Gasteiger partial charge is 0.344 e. The zero-order valence-corrected chi connectivity index (χ0v) is 16.8. The van der Waals surface area contributed by atoms with Gasteiger partial charge in [0.15, 0.2) is 17.8 Å². The number of carbonyl (C=O) groups is 2. The third kappa shape index (κ3) is 5.79. The minimum atomic E-state index is -0.981. The highest BCUT2D eigenvalue weighted by molar-refractivity contribution is 7.14. The number of hydrogen-bond donors (Lipinski definition) is 1. The molecule has 3 aromatic rings. The normalized spacial score (nSPS) is 11.4. The lowest BCUT2D eigenvalue weighted by atomic mass is 10.2. The first kappa shape index (κ1) is 20.3. The van der Waals surface area contributed by atoms with Crippen molar-refractivity contribution in [2.45, 2.75) is 13.0 Å². The van der Waals surface area contributed by atoms with Gasteiger partial charge in [-0.05, 0) is 31.2 Å². The molecule has 2 aromatic carbocycles. The van der Waals surface area contributed by atoms with E-state index in [4.69, 9.17) is 14.2 Å². The second kappa shape index (κ2) is 9.70. The van der Waals surface area contributed by atoms with Crippen LogP contribution in [-0.4, -0.2) is 36.7 Å². The van der Waals surface area contributed by atoms with Crippen molar-refractivity contribution < 1.29 is 23.8 Å². The van der Waals surface area contributed by atoms with Crippen LogP contribution in [-0.2, 0) is 14.3 Å². The first-order valence-corrected chi connectivity index (χ1v) is 9.71. The summed E-state index contributed by atoms with van der Waals surface area (Å²) in [6.07, 6.45) is -0.981. The van der Waals surface area contributed by atoms with Crippen LogP contribution in [0.5, 0.6) is 11.5 Å². The van der Waals surface area contributed by atoms with Gasteiger partial charge in [-0.3, -0.25) is 10.1 Å². The summed E-state index contributed by atoms with van der Waals surface area (Å²) in [5.74, 6) is 0.0725. The summed E-state index contributed by atoms with van der Waals surface area (Å²) < 4.78 is 15.5. The van der Waals surface area contributed by atoms with E-state index < -0.39 is 18.0 Å². The summed E-state index contributed by atoms with van der Waals surface area (Å²) in [4.78, 5) is 28.6. The zero-order valence-electron chi connectivity index (χ0n) is 16.0. The van der Waals surface area contributed by atoms with Gasteiger partial charge in [-0.1, -0.05) is 30.3 Å². The van der Waals surface area contributed by atoms with Gasteiger partial charge in [0.05, 0.1) is 12.8 Å². The van der Waals surface area contributed by atoms with Crippen LogP contribution < -0.4 is 14.8 Å². The molecule has 0 aliphatic carbocycles. The molecule has 0 aliphatic heterocycles. The lowest BCUT2D eigenvalue weighted by Crippen LogP contribution is -2.31. The summed E-state index contributed by atoms with van der Waals surface area (Å²) in [5.41, 5.74) is 1.72. The van der Waals surface area contributed by atoms with E-state index >= 15 is 0 Å². The number of nitrogens with zero attached hydrogens (tertiary/aromatic N) is 1. The fourth-order valence-electron chi connectivity index (χ4n) is 2.38. The van der Waals surface area contributed by atoms with Gasteiger partial charge < -0.3 is 14.2 Å². The lowest BCUT2D eigenvalue weighted by Gasteiger charge is -2.13. The molecule has 0 fully saturated rings. The molecular formula is C21H20N2O5S. The standard InChI is InChI=1S/C21H20N2O5S/c1-14(28-19(24)12-27-17-10-8-16(26-2)9-11-17)20(25)23-21-22-18(13-29-21)15-6-4-3-5-7-15/h3-11,13-14H,12H2,1-2H3,(H,22,23,25)/t14-/m0/s1. The van der Waals surface area contributed by atoms with Crippen LogP contribution in [0.25, 0.3) is 11.3 Å². The molecule has 1 N–H and O–H groups in total. The van der Waals surface area contributed by atoms with Gasteiger partial charge in [-0.15, -0.1) is 11.3 Å². The van der Waals surface area contributed by atoms with Crippen LogP contribution in [0.2, 0.25) is 0 Å². The monoisotopic (exact) mass is 412 g/mol. The number of anilines is 1. The molecule has 0 aliphatic rings. The minimum absolute atomic E-state index is 0.306. The van der Waals surface area contributed by atoms with E-state index in [9.17, 15) is 9.59 Å². The lowest BCUT2D eigenvalue weighted by molar-refractivity contribution is -0.155. The number of hydrogen-bond acceptors (Lipinski definition) is 7. The van der Waals surface area contributed by atoms with E-state index in [1.165, 1.54) is 18.3 Å². The molecule has 8 heteroatoms. The average Bonchev–Trinajstić information content (AvgIpc) is 3.21. The topological polar surface area (TPSA) is 86.8 Å². The van der Waals surface area contributed by atoms with Crippen molar-refractivity contribution in [2.75, 3.05) is 19.0 Å². The maximum absolute atomic E-state index is 12.3. The van der Waals surface area contributed by atoms with E-state index in [-0.39, 0.29) is 6.61 Å². The Hall–Kier alpha value is -3.39. The number of benzene rings is 2. The number of esters is 1. The summed E-state index contributed by atoms with van der Waals surface area (Å²) in [7, 11) is 1.56. The van der Waals surface area contributed by atoms with Crippen LogP contribution in [0.15, 0.2) is 60.0 Å². The Labute approximate surface area is 172 Å². The number of methoxy groups -OCH3 is 1. The average molecular weight is 412 g/mol. The Balaban J connectivity index is 1.47. The van der Waals surface area contributed by atoms with Crippen LogP contribution >= 0.6 is 11.3 Å².